The summed E-state index contributed by atoms with van der Waals surface area (Å²) in [6.45, 7) is 1.23. The highest BCUT2D eigenvalue weighted by Gasteiger charge is 2.40. The number of carbonyl (C=O) groups is 5. The number of likely N-dealkylation sites (N-methyl/N-ethyl adjacent to an activating group) is 1. The van der Waals surface area contributed by atoms with Gasteiger partial charge in [-0.05, 0) is 107 Å². The van der Waals surface area contributed by atoms with Gasteiger partial charge in [0.2, 0.25) is 29.5 Å². The van der Waals surface area contributed by atoms with E-state index in [2.05, 4.69) is 33.1 Å². The minimum Gasteiger partial charge on any atom is -0.370 e. The Morgan fingerprint density at radius 2 is 1.30 bits per heavy atom. The third kappa shape index (κ3) is 17.5. The lowest BCUT2D eigenvalue weighted by molar-refractivity contribution is -0.143. The average Bonchev–Trinajstić information content (AvgIpc) is 3.84. The van der Waals surface area contributed by atoms with Crippen LogP contribution in [0.25, 0.3) is 0 Å². The molecule has 0 bridgehead atoms. The fourth-order valence-electron chi connectivity index (χ4n) is 10.4. The Hall–Kier alpha value is -5.02. The summed E-state index contributed by atoms with van der Waals surface area (Å²) in [5.41, 5.74) is 25.4. The van der Waals surface area contributed by atoms with Gasteiger partial charge in [0.25, 0.3) is 0 Å². The Balaban J connectivity index is 1.34. The SMILES string of the molecule is CN(C(=O)[C@H](CCC1CCCCC1)NC(=O)[C@@H](CC1CCCCC1)NC(=O)[C@@H]1CCCN1C(=O)[C@H](CCCCN)NC(=O)[C@@H](N)Cc1ccccc1)C(CCCN=C(N)N)Cc1ccccc1. The molecule has 15 heteroatoms. The average molecular weight is 927 g/mol. The monoisotopic (exact) mass is 927 g/mol. The number of hydrogen-bond donors (Lipinski definition) is 7. The second-order valence-electron chi connectivity index (χ2n) is 19.5. The number of nitrogens with two attached hydrogens (primary N) is 4. The Bertz CT molecular complexity index is 1850. The number of likely N-dealkylation sites (tertiary alicyclic amines) is 1. The van der Waals surface area contributed by atoms with Crippen LogP contribution in [0, 0.1) is 11.8 Å². The maximum atomic E-state index is 14.8. The fourth-order valence-corrected chi connectivity index (χ4v) is 10.4. The van der Waals surface area contributed by atoms with E-state index in [1.807, 2.05) is 55.6 Å². The van der Waals surface area contributed by atoms with Gasteiger partial charge in [-0.25, -0.2) is 0 Å². The number of nitrogens with zero attached hydrogens (tertiary/aromatic N) is 3. The van der Waals surface area contributed by atoms with Gasteiger partial charge in [-0.2, -0.15) is 0 Å². The first-order valence-corrected chi connectivity index (χ1v) is 25.5. The molecule has 2 aliphatic carbocycles. The molecule has 0 aromatic heterocycles. The zero-order chi connectivity index (χ0) is 48.0. The van der Waals surface area contributed by atoms with Crippen molar-refractivity contribution in [2.45, 2.75) is 178 Å². The number of benzene rings is 2. The summed E-state index contributed by atoms with van der Waals surface area (Å²) in [6.07, 6.45) is 17.6. The third-order valence-corrected chi connectivity index (χ3v) is 14.4. The summed E-state index contributed by atoms with van der Waals surface area (Å²) >= 11 is 0. The Kier molecular flexibility index (Phi) is 22.4. The number of rotatable bonds is 26. The van der Waals surface area contributed by atoms with Gasteiger partial charge in [-0.3, -0.25) is 29.0 Å². The van der Waals surface area contributed by atoms with E-state index < -0.39 is 42.0 Å². The smallest absolute Gasteiger partial charge is 0.245 e. The molecular formula is C52H82N10O5. The summed E-state index contributed by atoms with van der Waals surface area (Å²) in [6, 6.07) is 15.1. The Labute approximate surface area is 399 Å². The third-order valence-electron chi connectivity index (χ3n) is 14.4. The highest BCUT2D eigenvalue weighted by atomic mass is 16.2. The molecule has 1 saturated heterocycles. The molecule has 3 fully saturated rings. The van der Waals surface area contributed by atoms with Crippen molar-refractivity contribution >= 4 is 35.5 Å². The maximum absolute atomic E-state index is 14.8. The van der Waals surface area contributed by atoms with Crippen molar-refractivity contribution in [2.24, 2.45) is 39.8 Å². The van der Waals surface area contributed by atoms with Crippen LogP contribution < -0.4 is 38.9 Å². The van der Waals surface area contributed by atoms with Crippen molar-refractivity contribution in [3.8, 4) is 0 Å². The van der Waals surface area contributed by atoms with Crippen molar-refractivity contribution in [3.05, 3.63) is 71.8 Å². The van der Waals surface area contributed by atoms with Crippen LogP contribution in [0.2, 0.25) is 0 Å². The Morgan fingerprint density at radius 3 is 1.93 bits per heavy atom. The summed E-state index contributed by atoms with van der Waals surface area (Å²) < 4.78 is 0. The number of aliphatic imine (C=N–C) groups is 1. The molecule has 2 aromatic carbocycles. The van der Waals surface area contributed by atoms with E-state index in [4.69, 9.17) is 22.9 Å². The summed E-state index contributed by atoms with van der Waals surface area (Å²) in [5, 5.41) is 9.24. The minimum atomic E-state index is -0.904. The number of guanidine groups is 1. The molecule has 3 aliphatic rings. The second kappa shape index (κ2) is 28.3. The van der Waals surface area contributed by atoms with Crippen molar-refractivity contribution in [1.82, 2.24) is 25.8 Å². The lowest BCUT2D eigenvalue weighted by Gasteiger charge is -2.34. The van der Waals surface area contributed by atoms with Gasteiger partial charge in [0.1, 0.15) is 24.2 Å². The van der Waals surface area contributed by atoms with Gasteiger partial charge in [-0.1, -0.05) is 125 Å². The predicted molar refractivity (Wildman–Crippen MR) is 265 cm³/mol. The molecule has 15 nitrogen and oxygen atoms in total. The van der Waals surface area contributed by atoms with Crippen molar-refractivity contribution in [2.75, 3.05) is 26.7 Å². The van der Waals surface area contributed by atoms with Gasteiger partial charge < -0.3 is 48.7 Å². The van der Waals surface area contributed by atoms with Crippen LogP contribution in [-0.2, 0) is 36.8 Å². The molecular weight excluding hydrogens is 845 g/mol. The number of hydrogen-bond acceptors (Lipinski definition) is 8. The van der Waals surface area contributed by atoms with Crippen LogP contribution in [0.3, 0.4) is 0 Å². The molecule has 1 unspecified atom stereocenters. The zero-order valence-electron chi connectivity index (χ0n) is 40.3. The Morgan fingerprint density at radius 1 is 0.687 bits per heavy atom. The highest BCUT2D eigenvalue weighted by Crippen LogP contribution is 2.30. The van der Waals surface area contributed by atoms with E-state index in [9.17, 15) is 24.0 Å². The molecule has 67 heavy (non-hydrogen) atoms. The van der Waals surface area contributed by atoms with Gasteiger partial charge in [0.15, 0.2) is 5.96 Å². The van der Waals surface area contributed by atoms with Gasteiger partial charge >= 0.3 is 0 Å². The quantitative estimate of drug-likeness (QED) is 0.0396. The number of carbonyl (C=O) groups excluding carboxylic acids is 5. The van der Waals surface area contributed by atoms with E-state index in [-0.39, 0.29) is 35.6 Å². The highest BCUT2D eigenvalue weighted by molar-refractivity contribution is 5.96. The first-order valence-electron chi connectivity index (χ1n) is 25.5. The molecule has 5 rings (SSSR count). The number of unbranched alkanes of at least 4 members (excludes halogenated alkanes) is 1. The van der Waals surface area contributed by atoms with Gasteiger partial charge in [0.05, 0.1) is 6.04 Å². The van der Waals surface area contributed by atoms with E-state index in [0.717, 1.165) is 62.5 Å². The lowest BCUT2D eigenvalue weighted by Crippen LogP contribution is -2.59. The normalized spacial score (nSPS) is 19.0. The van der Waals surface area contributed by atoms with Crippen molar-refractivity contribution < 1.29 is 24.0 Å². The lowest BCUT2D eigenvalue weighted by atomic mass is 9.84. The van der Waals surface area contributed by atoms with E-state index in [1.165, 1.54) is 19.3 Å². The molecule has 2 saturated carbocycles. The first kappa shape index (κ1) is 52.9. The summed E-state index contributed by atoms with van der Waals surface area (Å²) in [7, 11) is 1.83. The second-order valence-corrected chi connectivity index (χ2v) is 19.5. The molecule has 0 spiro atoms. The molecule has 5 amide bonds. The molecule has 0 radical (unpaired) electrons. The minimum absolute atomic E-state index is 0.0306. The molecule has 2 aromatic rings. The van der Waals surface area contributed by atoms with Crippen LogP contribution >= 0.6 is 0 Å². The zero-order valence-corrected chi connectivity index (χ0v) is 40.3. The maximum Gasteiger partial charge on any atom is 0.245 e. The van der Waals surface area contributed by atoms with Crippen LogP contribution in [0.4, 0.5) is 0 Å². The first-order chi connectivity index (χ1) is 32.4. The molecule has 1 aliphatic heterocycles. The topological polar surface area (TPSA) is 244 Å². The van der Waals surface area contributed by atoms with E-state index in [0.29, 0.717) is 96.2 Å². The van der Waals surface area contributed by atoms with E-state index >= 15 is 0 Å². The summed E-state index contributed by atoms with van der Waals surface area (Å²) in [5.74, 6) is -0.974. The van der Waals surface area contributed by atoms with Crippen molar-refractivity contribution in [3.63, 3.8) is 0 Å². The standard InChI is InChI=1S/C52H82N10O5/c1-61(41(26-16-32-57-52(55)56)34-38-20-8-3-9-21-38)50(66)44(30-29-37-18-6-2-7-19-37)59-48(64)45(36-40-24-12-5-13-25-40)60-49(65)46-28-17-33-62(46)51(67)43(27-14-15-31-53)58-47(63)42(54)35-39-22-10-4-11-23-39/h3-4,8-11,20-23,37,40-46H,2,5-7,12-19,24-36,53-54H2,1H3,(H,58,63)(H,59,64)(H,60,65)(H4,55,56,57)/t41?,42-,43-,44-,45+,46-/m0/s1. The van der Waals surface area contributed by atoms with E-state index in [1.54, 1.807) is 9.80 Å². The molecule has 370 valence electrons. The largest absolute Gasteiger partial charge is 0.370 e. The summed E-state index contributed by atoms with van der Waals surface area (Å²) in [4.78, 5) is 79.5. The van der Waals surface area contributed by atoms with Crippen molar-refractivity contribution in [1.29, 1.82) is 0 Å². The fraction of sp³-hybridized carbons (Fsp3) is 0.654. The van der Waals surface area contributed by atoms with Crippen LogP contribution in [0.5, 0.6) is 0 Å². The molecule has 6 atom stereocenters. The molecule has 1 heterocycles. The van der Waals surface area contributed by atoms with Crippen LogP contribution in [0.15, 0.2) is 65.7 Å². The van der Waals surface area contributed by atoms with Gasteiger partial charge in [0, 0.05) is 26.2 Å². The predicted octanol–water partition coefficient (Wildman–Crippen LogP) is 4.59. The number of nitrogens with one attached hydrogen (secondary N) is 3. The number of amides is 5. The van der Waals surface area contributed by atoms with Crippen LogP contribution in [0.1, 0.15) is 140 Å². The van der Waals surface area contributed by atoms with Gasteiger partial charge in [-0.15, -0.1) is 0 Å². The van der Waals surface area contributed by atoms with Crippen LogP contribution in [-0.4, -0.2) is 108 Å². The molecule has 11 N–H and O–H groups in total.